The van der Waals surface area contributed by atoms with Gasteiger partial charge in [0.25, 0.3) is 0 Å². The number of Topliss-reactive ketones (excluding diaryl/α,β-unsaturated/α-hetero) is 1. The van der Waals surface area contributed by atoms with Gasteiger partial charge in [0.15, 0.2) is 5.78 Å². The molecule has 1 atom stereocenters. The molecule has 1 aliphatic heterocycles. The minimum Gasteiger partial charge on any atom is -0.316 e. The van der Waals surface area contributed by atoms with Crippen molar-refractivity contribution < 1.29 is 9.18 Å². The number of halogens is 1. The number of carbonyl (C=O) groups excluding carboxylic acids is 1. The minimum atomic E-state index is -0.298. The Morgan fingerprint density at radius 2 is 2.07 bits per heavy atom. The average molecular weight is 207 g/mol. The van der Waals surface area contributed by atoms with Crippen LogP contribution in [0.1, 0.15) is 23.2 Å². The van der Waals surface area contributed by atoms with Crippen LogP contribution in [0.15, 0.2) is 24.3 Å². The molecule has 0 aliphatic carbocycles. The molecule has 1 aliphatic rings. The number of piperidine rings is 1. The number of rotatable bonds is 2. The number of hydrogen-bond acceptors (Lipinski definition) is 2. The number of hydrogen-bond donors (Lipinski definition) is 1. The van der Waals surface area contributed by atoms with Gasteiger partial charge in [-0.1, -0.05) is 0 Å². The SMILES string of the molecule is O=C(c1ccc(F)cc1)[C@H]1CCCNC1. The fraction of sp³-hybridized carbons (Fsp3) is 0.417. The van der Waals surface area contributed by atoms with Gasteiger partial charge in [0.05, 0.1) is 0 Å². The molecular formula is C12H14FNO. The van der Waals surface area contributed by atoms with Gasteiger partial charge in [-0.25, -0.2) is 4.39 Å². The molecule has 0 saturated carbocycles. The first-order valence-corrected chi connectivity index (χ1v) is 5.28. The lowest BCUT2D eigenvalue weighted by Crippen LogP contribution is -2.34. The molecule has 1 aromatic rings. The maximum atomic E-state index is 12.7. The maximum absolute atomic E-state index is 12.7. The zero-order valence-electron chi connectivity index (χ0n) is 8.50. The largest absolute Gasteiger partial charge is 0.316 e. The average Bonchev–Trinajstić information content (AvgIpc) is 2.30. The smallest absolute Gasteiger partial charge is 0.167 e. The van der Waals surface area contributed by atoms with Gasteiger partial charge >= 0.3 is 0 Å². The fourth-order valence-corrected chi connectivity index (χ4v) is 1.93. The van der Waals surface area contributed by atoms with Crippen molar-refractivity contribution in [3.05, 3.63) is 35.6 Å². The van der Waals surface area contributed by atoms with Crippen LogP contribution in [0, 0.1) is 11.7 Å². The van der Waals surface area contributed by atoms with Gasteiger partial charge in [-0.2, -0.15) is 0 Å². The van der Waals surface area contributed by atoms with E-state index in [2.05, 4.69) is 5.32 Å². The molecule has 1 N–H and O–H groups in total. The Morgan fingerprint density at radius 1 is 1.33 bits per heavy atom. The van der Waals surface area contributed by atoms with Crippen LogP contribution in [0.2, 0.25) is 0 Å². The van der Waals surface area contributed by atoms with E-state index < -0.39 is 0 Å². The number of carbonyl (C=O) groups is 1. The van der Waals surface area contributed by atoms with Gasteiger partial charge in [-0.15, -0.1) is 0 Å². The standard InChI is InChI=1S/C12H14FNO/c13-11-5-3-9(4-6-11)12(15)10-2-1-7-14-8-10/h3-6,10,14H,1-2,7-8H2/t10-/m0/s1. The lowest BCUT2D eigenvalue weighted by atomic mass is 9.91. The second kappa shape index (κ2) is 4.53. The Balaban J connectivity index is 2.09. The van der Waals surface area contributed by atoms with E-state index in [4.69, 9.17) is 0 Å². The maximum Gasteiger partial charge on any atom is 0.167 e. The highest BCUT2D eigenvalue weighted by Crippen LogP contribution is 2.16. The van der Waals surface area contributed by atoms with Crippen LogP contribution in [0.5, 0.6) is 0 Å². The number of ketones is 1. The summed E-state index contributed by atoms with van der Waals surface area (Å²) in [6.07, 6.45) is 1.97. The molecule has 2 rings (SSSR count). The van der Waals surface area contributed by atoms with Crippen LogP contribution in [0.25, 0.3) is 0 Å². The molecule has 1 fully saturated rings. The van der Waals surface area contributed by atoms with E-state index in [0.717, 1.165) is 25.9 Å². The topological polar surface area (TPSA) is 29.1 Å². The van der Waals surface area contributed by atoms with E-state index in [1.165, 1.54) is 12.1 Å². The molecule has 0 bridgehead atoms. The van der Waals surface area contributed by atoms with Gasteiger partial charge < -0.3 is 5.32 Å². The zero-order valence-corrected chi connectivity index (χ0v) is 8.50. The molecule has 80 valence electrons. The van der Waals surface area contributed by atoms with E-state index >= 15 is 0 Å². The second-order valence-corrected chi connectivity index (χ2v) is 3.91. The third-order valence-corrected chi connectivity index (χ3v) is 2.80. The van der Waals surface area contributed by atoms with E-state index in [1.54, 1.807) is 12.1 Å². The van der Waals surface area contributed by atoms with Crippen LogP contribution < -0.4 is 5.32 Å². The van der Waals surface area contributed by atoms with Crippen molar-refractivity contribution in [3.8, 4) is 0 Å². The summed E-state index contributed by atoms with van der Waals surface area (Å²) in [5.74, 6) is -0.111. The molecule has 0 unspecified atom stereocenters. The van der Waals surface area contributed by atoms with E-state index in [9.17, 15) is 9.18 Å². The first kappa shape index (κ1) is 10.3. The van der Waals surface area contributed by atoms with Crippen LogP contribution in [0.3, 0.4) is 0 Å². The van der Waals surface area contributed by atoms with Crippen LogP contribution >= 0.6 is 0 Å². The molecule has 3 heteroatoms. The zero-order chi connectivity index (χ0) is 10.7. The molecule has 0 spiro atoms. The molecule has 0 amide bonds. The van der Waals surface area contributed by atoms with E-state index in [1.807, 2.05) is 0 Å². The molecule has 1 aromatic carbocycles. The summed E-state index contributed by atoms with van der Waals surface area (Å²) in [4.78, 5) is 11.9. The van der Waals surface area contributed by atoms with Gasteiger partial charge in [-0.3, -0.25) is 4.79 Å². The monoisotopic (exact) mass is 207 g/mol. The summed E-state index contributed by atoms with van der Waals surface area (Å²) in [6, 6.07) is 5.80. The Morgan fingerprint density at radius 3 is 2.67 bits per heavy atom. The molecule has 0 radical (unpaired) electrons. The molecule has 1 saturated heterocycles. The van der Waals surface area contributed by atoms with Crippen LogP contribution in [-0.2, 0) is 0 Å². The van der Waals surface area contributed by atoms with Crippen molar-refractivity contribution in [1.82, 2.24) is 5.32 Å². The van der Waals surface area contributed by atoms with Gasteiger partial charge in [-0.05, 0) is 43.7 Å². The second-order valence-electron chi connectivity index (χ2n) is 3.91. The highest BCUT2D eigenvalue weighted by molar-refractivity contribution is 5.98. The summed E-state index contributed by atoms with van der Waals surface area (Å²) in [5, 5.41) is 3.20. The first-order valence-electron chi connectivity index (χ1n) is 5.28. The quantitative estimate of drug-likeness (QED) is 0.751. The summed E-state index contributed by atoms with van der Waals surface area (Å²) < 4.78 is 12.7. The highest BCUT2D eigenvalue weighted by Gasteiger charge is 2.21. The Kier molecular flexibility index (Phi) is 3.11. The highest BCUT2D eigenvalue weighted by atomic mass is 19.1. The van der Waals surface area contributed by atoms with Crippen molar-refractivity contribution in [2.75, 3.05) is 13.1 Å². The van der Waals surface area contributed by atoms with Crippen molar-refractivity contribution >= 4 is 5.78 Å². The van der Waals surface area contributed by atoms with Crippen molar-refractivity contribution in [2.45, 2.75) is 12.8 Å². The number of nitrogens with one attached hydrogen (secondary N) is 1. The van der Waals surface area contributed by atoms with Gasteiger partial charge in [0.1, 0.15) is 5.82 Å². The predicted molar refractivity (Wildman–Crippen MR) is 56.3 cm³/mol. The Bertz CT molecular complexity index is 341. The normalized spacial score (nSPS) is 21.3. The van der Waals surface area contributed by atoms with E-state index in [0.29, 0.717) is 5.56 Å². The summed E-state index contributed by atoms with van der Waals surface area (Å²) in [6.45, 7) is 1.74. The molecule has 2 nitrogen and oxygen atoms in total. The fourth-order valence-electron chi connectivity index (χ4n) is 1.93. The van der Waals surface area contributed by atoms with Crippen molar-refractivity contribution in [2.24, 2.45) is 5.92 Å². The summed E-state index contributed by atoms with van der Waals surface area (Å²) in [5.41, 5.74) is 0.616. The third kappa shape index (κ3) is 2.42. The molecule has 15 heavy (non-hydrogen) atoms. The van der Waals surface area contributed by atoms with Gasteiger partial charge in [0, 0.05) is 18.0 Å². The van der Waals surface area contributed by atoms with Crippen LogP contribution in [0.4, 0.5) is 4.39 Å². The molecular weight excluding hydrogens is 193 g/mol. The van der Waals surface area contributed by atoms with Crippen molar-refractivity contribution in [1.29, 1.82) is 0 Å². The number of benzene rings is 1. The van der Waals surface area contributed by atoms with E-state index in [-0.39, 0.29) is 17.5 Å². The lowest BCUT2D eigenvalue weighted by molar-refractivity contribution is 0.0899. The lowest BCUT2D eigenvalue weighted by Gasteiger charge is -2.21. The van der Waals surface area contributed by atoms with Crippen LogP contribution in [-0.4, -0.2) is 18.9 Å². The molecule has 1 heterocycles. The third-order valence-electron chi connectivity index (χ3n) is 2.80. The summed E-state index contributed by atoms with van der Waals surface area (Å²) in [7, 11) is 0. The predicted octanol–water partition coefficient (Wildman–Crippen LogP) is 2.01. The Hall–Kier alpha value is -1.22. The minimum absolute atomic E-state index is 0.0595. The van der Waals surface area contributed by atoms with Gasteiger partial charge in [0.2, 0.25) is 0 Å². The Labute approximate surface area is 88.5 Å². The molecule has 0 aromatic heterocycles. The summed E-state index contributed by atoms with van der Waals surface area (Å²) >= 11 is 0. The first-order chi connectivity index (χ1) is 7.27. The van der Waals surface area contributed by atoms with Crippen molar-refractivity contribution in [3.63, 3.8) is 0 Å².